The zero-order chi connectivity index (χ0) is 14.1. The van der Waals surface area contributed by atoms with E-state index in [-0.39, 0.29) is 5.91 Å². The molecule has 20 heavy (non-hydrogen) atoms. The number of carbonyl (C=O) groups excluding carboxylic acids is 1. The van der Waals surface area contributed by atoms with Crippen LogP contribution in [0.15, 0.2) is 11.6 Å². The molecule has 1 aliphatic heterocycles. The summed E-state index contributed by atoms with van der Waals surface area (Å²) in [5.41, 5.74) is 2.55. The molecule has 1 aliphatic rings. The summed E-state index contributed by atoms with van der Waals surface area (Å²) in [6.07, 6.45) is 1.61. The molecule has 6 nitrogen and oxygen atoms in total. The zero-order valence-corrected chi connectivity index (χ0v) is 12.4. The highest BCUT2D eigenvalue weighted by Gasteiger charge is 2.24. The lowest BCUT2D eigenvalue weighted by Crippen LogP contribution is -2.48. The minimum Gasteiger partial charge on any atom is -0.345 e. The maximum absolute atomic E-state index is 12.4. The fraction of sp³-hybridized carbons (Fsp3) is 0.462. The second-order valence-electron chi connectivity index (χ2n) is 4.96. The van der Waals surface area contributed by atoms with Gasteiger partial charge in [0, 0.05) is 37.3 Å². The molecule has 0 unspecified atom stereocenters. The van der Waals surface area contributed by atoms with Crippen LogP contribution in [-0.2, 0) is 0 Å². The monoisotopic (exact) mass is 291 g/mol. The van der Waals surface area contributed by atoms with E-state index in [9.17, 15) is 4.79 Å². The van der Waals surface area contributed by atoms with Gasteiger partial charge in [0.15, 0.2) is 5.13 Å². The molecule has 106 valence electrons. The second kappa shape index (κ2) is 5.24. The Morgan fingerprint density at radius 1 is 1.30 bits per heavy atom. The van der Waals surface area contributed by atoms with Crippen LogP contribution in [0.25, 0.3) is 0 Å². The van der Waals surface area contributed by atoms with E-state index in [1.165, 1.54) is 0 Å². The van der Waals surface area contributed by atoms with E-state index in [0.717, 1.165) is 42.7 Å². The van der Waals surface area contributed by atoms with Gasteiger partial charge in [-0.3, -0.25) is 9.89 Å². The second-order valence-corrected chi connectivity index (χ2v) is 5.80. The van der Waals surface area contributed by atoms with Gasteiger partial charge in [-0.05, 0) is 13.8 Å². The lowest BCUT2D eigenvalue weighted by Gasteiger charge is -2.34. The van der Waals surface area contributed by atoms with Gasteiger partial charge in [0.1, 0.15) is 0 Å². The van der Waals surface area contributed by atoms with Crippen molar-refractivity contribution in [3.05, 3.63) is 28.5 Å². The number of amides is 1. The van der Waals surface area contributed by atoms with Crippen molar-refractivity contribution in [2.45, 2.75) is 13.8 Å². The Bertz CT molecular complexity index is 612. The molecule has 0 spiro atoms. The van der Waals surface area contributed by atoms with Gasteiger partial charge in [-0.15, -0.1) is 11.3 Å². The van der Waals surface area contributed by atoms with Crippen LogP contribution >= 0.6 is 11.3 Å². The zero-order valence-electron chi connectivity index (χ0n) is 11.6. The largest absolute Gasteiger partial charge is 0.345 e. The molecular formula is C13H17N5OS. The van der Waals surface area contributed by atoms with Crippen LogP contribution in [0.2, 0.25) is 0 Å². The van der Waals surface area contributed by atoms with E-state index in [1.54, 1.807) is 17.5 Å². The third-order valence-electron chi connectivity index (χ3n) is 3.50. The van der Waals surface area contributed by atoms with Crippen molar-refractivity contribution in [3.8, 4) is 0 Å². The number of nitrogens with zero attached hydrogens (tertiary/aromatic N) is 4. The van der Waals surface area contributed by atoms with Crippen molar-refractivity contribution in [1.82, 2.24) is 20.1 Å². The van der Waals surface area contributed by atoms with Gasteiger partial charge in [0.05, 0.1) is 17.5 Å². The Labute approximate surface area is 121 Å². The molecule has 0 saturated carbocycles. The fourth-order valence-corrected chi connectivity index (χ4v) is 3.18. The lowest BCUT2D eigenvalue weighted by molar-refractivity contribution is 0.0746. The van der Waals surface area contributed by atoms with E-state index < -0.39 is 0 Å². The number of hydrogen-bond acceptors (Lipinski definition) is 5. The molecule has 3 rings (SSSR count). The number of aryl methyl sites for hydroxylation is 2. The SMILES string of the molecule is Cc1csc(N2CCN(C(=O)c3cn[nH]c3C)CC2)n1. The van der Waals surface area contributed by atoms with E-state index in [4.69, 9.17) is 0 Å². The van der Waals surface area contributed by atoms with Crippen molar-refractivity contribution in [2.24, 2.45) is 0 Å². The highest BCUT2D eigenvalue weighted by molar-refractivity contribution is 7.13. The average molecular weight is 291 g/mol. The summed E-state index contributed by atoms with van der Waals surface area (Å²) in [5, 5.41) is 9.83. The number of aromatic nitrogens is 3. The minimum absolute atomic E-state index is 0.0613. The molecule has 2 aromatic heterocycles. The molecule has 3 heterocycles. The smallest absolute Gasteiger partial charge is 0.257 e. The van der Waals surface area contributed by atoms with Gasteiger partial charge in [-0.2, -0.15) is 5.10 Å². The molecule has 1 fully saturated rings. The normalized spacial score (nSPS) is 15.7. The molecule has 1 N–H and O–H groups in total. The predicted octanol–water partition coefficient (Wildman–Crippen LogP) is 1.45. The molecule has 0 aromatic carbocycles. The van der Waals surface area contributed by atoms with Crippen LogP contribution in [0.3, 0.4) is 0 Å². The number of anilines is 1. The first-order valence-electron chi connectivity index (χ1n) is 6.61. The van der Waals surface area contributed by atoms with Crippen LogP contribution in [0.5, 0.6) is 0 Å². The molecule has 0 atom stereocenters. The van der Waals surface area contributed by atoms with Gasteiger partial charge >= 0.3 is 0 Å². The van der Waals surface area contributed by atoms with E-state index in [2.05, 4.69) is 25.5 Å². The van der Waals surface area contributed by atoms with Crippen LogP contribution in [0, 0.1) is 13.8 Å². The summed E-state index contributed by atoms with van der Waals surface area (Å²) in [5.74, 6) is 0.0613. The Balaban J connectivity index is 1.64. The Morgan fingerprint density at radius 2 is 2.05 bits per heavy atom. The summed E-state index contributed by atoms with van der Waals surface area (Å²) < 4.78 is 0. The number of aromatic amines is 1. The van der Waals surface area contributed by atoms with Gasteiger partial charge in [-0.25, -0.2) is 4.98 Å². The lowest BCUT2D eigenvalue weighted by atomic mass is 10.2. The molecule has 0 bridgehead atoms. The van der Waals surface area contributed by atoms with Gasteiger partial charge in [0.2, 0.25) is 0 Å². The standard InChI is InChI=1S/C13H17N5OS/c1-9-8-20-13(15-9)18-5-3-17(4-6-18)12(19)11-7-14-16-10(11)2/h7-8H,3-6H2,1-2H3,(H,14,16). The summed E-state index contributed by atoms with van der Waals surface area (Å²) in [4.78, 5) is 21.0. The van der Waals surface area contributed by atoms with E-state index in [0.29, 0.717) is 5.56 Å². The third kappa shape index (κ3) is 2.40. The molecule has 7 heteroatoms. The first-order valence-corrected chi connectivity index (χ1v) is 7.49. The van der Waals surface area contributed by atoms with E-state index in [1.807, 2.05) is 18.7 Å². The topological polar surface area (TPSA) is 65.1 Å². The average Bonchev–Trinajstić information content (AvgIpc) is 3.07. The van der Waals surface area contributed by atoms with Gasteiger partial charge < -0.3 is 9.80 Å². The van der Waals surface area contributed by atoms with Crippen molar-refractivity contribution in [1.29, 1.82) is 0 Å². The number of hydrogen-bond donors (Lipinski definition) is 1. The third-order valence-corrected chi connectivity index (χ3v) is 4.52. The quantitative estimate of drug-likeness (QED) is 0.909. The van der Waals surface area contributed by atoms with Crippen molar-refractivity contribution < 1.29 is 4.79 Å². The maximum atomic E-state index is 12.4. The number of thiazole rings is 1. The summed E-state index contributed by atoms with van der Waals surface area (Å²) in [6.45, 7) is 6.98. The molecule has 0 radical (unpaired) electrons. The van der Waals surface area contributed by atoms with Crippen molar-refractivity contribution >= 4 is 22.4 Å². The van der Waals surface area contributed by atoms with Gasteiger partial charge in [0.25, 0.3) is 5.91 Å². The van der Waals surface area contributed by atoms with E-state index >= 15 is 0 Å². The first kappa shape index (κ1) is 13.1. The van der Waals surface area contributed by atoms with Crippen LogP contribution in [0.4, 0.5) is 5.13 Å². The number of nitrogens with one attached hydrogen (secondary N) is 1. The minimum atomic E-state index is 0.0613. The summed E-state index contributed by atoms with van der Waals surface area (Å²) >= 11 is 1.66. The summed E-state index contributed by atoms with van der Waals surface area (Å²) in [6, 6.07) is 0. The van der Waals surface area contributed by atoms with Gasteiger partial charge in [-0.1, -0.05) is 0 Å². The van der Waals surface area contributed by atoms with Crippen LogP contribution in [0.1, 0.15) is 21.7 Å². The van der Waals surface area contributed by atoms with Crippen LogP contribution in [-0.4, -0.2) is 52.2 Å². The molecule has 2 aromatic rings. The molecule has 0 aliphatic carbocycles. The Kier molecular flexibility index (Phi) is 3.43. The molecule has 1 amide bonds. The predicted molar refractivity (Wildman–Crippen MR) is 78.3 cm³/mol. The highest BCUT2D eigenvalue weighted by Crippen LogP contribution is 2.22. The van der Waals surface area contributed by atoms with Crippen molar-refractivity contribution in [2.75, 3.05) is 31.1 Å². The van der Waals surface area contributed by atoms with Crippen molar-refractivity contribution in [3.63, 3.8) is 0 Å². The summed E-state index contributed by atoms with van der Waals surface area (Å²) in [7, 11) is 0. The Hall–Kier alpha value is -1.89. The van der Waals surface area contributed by atoms with Crippen LogP contribution < -0.4 is 4.90 Å². The molecule has 1 saturated heterocycles. The maximum Gasteiger partial charge on any atom is 0.257 e. The fourth-order valence-electron chi connectivity index (χ4n) is 2.32. The Morgan fingerprint density at radius 3 is 2.60 bits per heavy atom. The highest BCUT2D eigenvalue weighted by atomic mass is 32.1. The molecular weight excluding hydrogens is 274 g/mol. The number of carbonyl (C=O) groups is 1. The number of H-pyrrole nitrogens is 1. The number of rotatable bonds is 2. The number of piperazine rings is 1. The first-order chi connectivity index (χ1) is 9.65.